The van der Waals surface area contributed by atoms with Crippen LogP contribution in [0.15, 0.2) is 18.2 Å². The third-order valence-electron chi connectivity index (χ3n) is 2.11. The molecule has 0 aliphatic rings. The fraction of sp³-hybridized carbons (Fsp3) is 0.500. The highest BCUT2D eigenvalue weighted by molar-refractivity contribution is 14.1. The lowest BCUT2D eigenvalue weighted by Gasteiger charge is -2.20. The molecule has 1 aromatic rings. The maximum atomic E-state index is 12.1. The summed E-state index contributed by atoms with van der Waals surface area (Å²) in [5.41, 5.74) is -0.0831. The van der Waals surface area contributed by atoms with Crippen molar-refractivity contribution >= 4 is 28.6 Å². The van der Waals surface area contributed by atoms with Crippen LogP contribution in [0.2, 0.25) is 0 Å². The van der Waals surface area contributed by atoms with E-state index in [0.29, 0.717) is 24.5 Å². The van der Waals surface area contributed by atoms with Crippen molar-refractivity contribution in [1.82, 2.24) is 0 Å². The van der Waals surface area contributed by atoms with E-state index in [9.17, 15) is 4.79 Å². The predicted octanol–water partition coefficient (Wildman–Crippen LogP) is 3.27. The Morgan fingerprint density at radius 1 is 1.26 bits per heavy atom. The number of rotatable bonds is 5. The van der Waals surface area contributed by atoms with Crippen molar-refractivity contribution in [3.63, 3.8) is 0 Å². The van der Waals surface area contributed by atoms with E-state index >= 15 is 0 Å². The Morgan fingerprint density at radius 2 is 1.95 bits per heavy atom. The predicted molar refractivity (Wildman–Crippen MR) is 81.7 cm³/mol. The number of halogens is 1. The second-order valence-corrected chi connectivity index (χ2v) is 6.23. The molecule has 0 aliphatic carbocycles. The fourth-order valence-corrected chi connectivity index (χ4v) is 1.85. The van der Waals surface area contributed by atoms with Gasteiger partial charge in [0.2, 0.25) is 0 Å². The van der Waals surface area contributed by atoms with Gasteiger partial charge >= 0.3 is 5.97 Å². The quantitative estimate of drug-likeness (QED) is 0.448. The summed E-state index contributed by atoms with van der Waals surface area (Å²) in [5.74, 6) is 0.144. The fourth-order valence-electron chi connectivity index (χ4n) is 1.36. The number of carbonyl (C=O) groups is 1. The summed E-state index contributed by atoms with van der Waals surface area (Å²) < 4.78 is 16.8. The van der Waals surface area contributed by atoms with Crippen LogP contribution in [0.5, 0.6) is 5.75 Å². The standard InChI is InChI=1S/C14H19IO4/c1-14(2,3)19-13(16)11-9-10(15)5-6-12(11)18-8-7-17-4/h5-6,9H,7-8H2,1-4H3. The second-order valence-electron chi connectivity index (χ2n) is 4.98. The molecule has 1 aromatic carbocycles. The minimum atomic E-state index is -0.526. The van der Waals surface area contributed by atoms with Crippen molar-refractivity contribution in [3.05, 3.63) is 27.3 Å². The average Bonchev–Trinajstić information content (AvgIpc) is 2.29. The lowest BCUT2D eigenvalue weighted by molar-refractivity contribution is 0.00648. The third-order valence-corrected chi connectivity index (χ3v) is 2.78. The lowest BCUT2D eigenvalue weighted by atomic mass is 10.1. The molecule has 0 aromatic heterocycles. The first kappa shape index (κ1) is 16.2. The van der Waals surface area contributed by atoms with E-state index in [-0.39, 0.29) is 5.97 Å². The van der Waals surface area contributed by atoms with Crippen molar-refractivity contribution in [2.75, 3.05) is 20.3 Å². The molecule has 0 aliphatic heterocycles. The molecular weight excluding hydrogens is 359 g/mol. The van der Waals surface area contributed by atoms with Gasteiger partial charge in [-0.2, -0.15) is 0 Å². The van der Waals surface area contributed by atoms with Crippen LogP contribution < -0.4 is 4.74 Å². The van der Waals surface area contributed by atoms with Crippen molar-refractivity contribution in [2.45, 2.75) is 26.4 Å². The normalized spacial score (nSPS) is 11.2. The van der Waals surface area contributed by atoms with Crippen LogP contribution in [0.1, 0.15) is 31.1 Å². The van der Waals surface area contributed by atoms with Gasteiger partial charge in [0.1, 0.15) is 23.5 Å². The Hall–Kier alpha value is -0.820. The molecule has 0 amide bonds. The summed E-state index contributed by atoms with van der Waals surface area (Å²) in [7, 11) is 1.60. The molecule has 1 rings (SSSR count). The van der Waals surface area contributed by atoms with Crippen molar-refractivity contribution < 1.29 is 19.0 Å². The van der Waals surface area contributed by atoms with Crippen LogP contribution in [0.3, 0.4) is 0 Å². The van der Waals surface area contributed by atoms with E-state index in [1.54, 1.807) is 19.2 Å². The number of hydrogen-bond acceptors (Lipinski definition) is 4. The Balaban J connectivity index is 2.90. The Bertz CT molecular complexity index is 438. The number of carbonyl (C=O) groups excluding carboxylic acids is 1. The van der Waals surface area contributed by atoms with E-state index in [1.165, 1.54) is 0 Å². The molecular formula is C14H19IO4. The highest BCUT2D eigenvalue weighted by Gasteiger charge is 2.21. The van der Waals surface area contributed by atoms with Crippen LogP contribution in [0, 0.1) is 3.57 Å². The lowest BCUT2D eigenvalue weighted by Crippen LogP contribution is -2.24. The average molecular weight is 378 g/mol. The van der Waals surface area contributed by atoms with Crippen LogP contribution in [0.4, 0.5) is 0 Å². The van der Waals surface area contributed by atoms with Crippen LogP contribution in [0.25, 0.3) is 0 Å². The first-order valence-electron chi connectivity index (χ1n) is 5.98. The van der Waals surface area contributed by atoms with Gasteiger partial charge in [0, 0.05) is 10.7 Å². The molecule has 0 saturated carbocycles. The summed E-state index contributed by atoms with van der Waals surface area (Å²) >= 11 is 2.15. The SMILES string of the molecule is COCCOc1ccc(I)cc1C(=O)OC(C)(C)C. The van der Waals surface area contributed by atoms with E-state index in [2.05, 4.69) is 22.6 Å². The van der Waals surface area contributed by atoms with Gasteiger partial charge in [-0.25, -0.2) is 4.79 Å². The summed E-state index contributed by atoms with van der Waals surface area (Å²) in [4.78, 5) is 12.1. The maximum absolute atomic E-state index is 12.1. The van der Waals surface area contributed by atoms with E-state index in [1.807, 2.05) is 26.8 Å². The number of benzene rings is 1. The van der Waals surface area contributed by atoms with Gasteiger partial charge < -0.3 is 14.2 Å². The summed E-state index contributed by atoms with van der Waals surface area (Å²) in [6, 6.07) is 5.42. The van der Waals surface area contributed by atoms with Gasteiger partial charge in [-0.05, 0) is 61.6 Å². The molecule has 0 unspecified atom stereocenters. The van der Waals surface area contributed by atoms with E-state index in [4.69, 9.17) is 14.2 Å². The summed E-state index contributed by atoms with van der Waals surface area (Å²) in [6.07, 6.45) is 0. The zero-order valence-electron chi connectivity index (χ0n) is 11.7. The minimum absolute atomic E-state index is 0.376. The van der Waals surface area contributed by atoms with Gasteiger partial charge in [-0.1, -0.05) is 0 Å². The Labute approximate surface area is 127 Å². The molecule has 4 nitrogen and oxygen atoms in total. The number of methoxy groups -OCH3 is 1. The number of hydrogen-bond donors (Lipinski definition) is 0. The van der Waals surface area contributed by atoms with Gasteiger partial charge in [0.25, 0.3) is 0 Å². The Morgan fingerprint density at radius 3 is 2.53 bits per heavy atom. The highest BCUT2D eigenvalue weighted by atomic mass is 127. The second kappa shape index (κ2) is 7.09. The monoisotopic (exact) mass is 378 g/mol. The number of ether oxygens (including phenoxy) is 3. The van der Waals surface area contributed by atoms with Gasteiger partial charge in [0.15, 0.2) is 0 Å². The molecule has 0 fully saturated rings. The molecule has 106 valence electrons. The zero-order chi connectivity index (χ0) is 14.5. The maximum Gasteiger partial charge on any atom is 0.342 e. The Kier molecular flexibility index (Phi) is 6.06. The topological polar surface area (TPSA) is 44.8 Å². The smallest absolute Gasteiger partial charge is 0.342 e. The third kappa shape index (κ3) is 5.78. The van der Waals surface area contributed by atoms with E-state index in [0.717, 1.165) is 3.57 Å². The molecule has 0 radical (unpaired) electrons. The molecule has 0 bridgehead atoms. The van der Waals surface area contributed by atoms with Crippen LogP contribution >= 0.6 is 22.6 Å². The van der Waals surface area contributed by atoms with E-state index < -0.39 is 5.60 Å². The van der Waals surface area contributed by atoms with Gasteiger partial charge in [0.05, 0.1) is 6.61 Å². The zero-order valence-corrected chi connectivity index (χ0v) is 13.8. The van der Waals surface area contributed by atoms with Crippen LogP contribution in [-0.2, 0) is 9.47 Å². The first-order valence-corrected chi connectivity index (χ1v) is 7.06. The van der Waals surface area contributed by atoms with Crippen molar-refractivity contribution in [1.29, 1.82) is 0 Å². The van der Waals surface area contributed by atoms with Gasteiger partial charge in [-0.3, -0.25) is 0 Å². The molecule has 5 heteroatoms. The van der Waals surface area contributed by atoms with Crippen molar-refractivity contribution in [2.24, 2.45) is 0 Å². The van der Waals surface area contributed by atoms with Gasteiger partial charge in [-0.15, -0.1) is 0 Å². The molecule has 0 atom stereocenters. The summed E-state index contributed by atoms with van der Waals surface area (Å²) in [6.45, 7) is 6.38. The highest BCUT2D eigenvalue weighted by Crippen LogP contribution is 2.24. The molecule has 0 spiro atoms. The molecule has 19 heavy (non-hydrogen) atoms. The molecule has 0 saturated heterocycles. The van der Waals surface area contributed by atoms with Crippen molar-refractivity contribution in [3.8, 4) is 5.75 Å². The molecule has 0 heterocycles. The largest absolute Gasteiger partial charge is 0.490 e. The van der Waals surface area contributed by atoms with Crippen LogP contribution in [-0.4, -0.2) is 31.9 Å². The first-order chi connectivity index (χ1) is 8.83. The molecule has 0 N–H and O–H groups in total. The summed E-state index contributed by atoms with van der Waals surface area (Å²) in [5, 5.41) is 0. The number of esters is 1. The minimum Gasteiger partial charge on any atom is -0.490 e.